The van der Waals surface area contributed by atoms with E-state index in [0.717, 1.165) is 18.2 Å². The normalized spacial score (nSPS) is 10.6. The van der Waals surface area contributed by atoms with Gasteiger partial charge < -0.3 is 0 Å². The minimum absolute atomic E-state index is 0.110. The molecule has 19 heavy (non-hydrogen) atoms. The summed E-state index contributed by atoms with van der Waals surface area (Å²) >= 11 is 5.57. The van der Waals surface area contributed by atoms with Crippen LogP contribution in [0.1, 0.15) is 21.5 Å². The Morgan fingerprint density at radius 3 is 2.21 bits per heavy atom. The Hall–Kier alpha value is -1.81. The molecule has 0 unspecified atom stereocenters. The van der Waals surface area contributed by atoms with Gasteiger partial charge in [0.15, 0.2) is 5.78 Å². The van der Waals surface area contributed by atoms with Crippen molar-refractivity contribution in [1.29, 1.82) is 0 Å². The van der Waals surface area contributed by atoms with Crippen molar-refractivity contribution in [2.75, 3.05) is 0 Å². The van der Waals surface area contributed by atoms with E-state index in [1.54, 1.807) is 0 Å². The van der Waals surface area contributed by atoms with Crippen molar-refractivity contribution in [2.45, 2.75) is 6.92 Å². The number of rotatable bonds is 2. The van der Waals surface area contributed by atoms with Crippen molar-refractivity contribution in [3.63, 3.8) is 0 Å². The minimum atomic E-state index is -1.03. The van der Waals surface area contributed by atoms with Crippen LogP contribution < -0.4 is 0 Å². The summed E-state index contributed by atoms with van der Waals surface area (Å²) in [5.74, 6) is -3.48. The van der Waals surface area contributed by atoms with Crippen LogP contribution in [0.25, 0.3) is 0 Å². The Labute approximate surface area is 112 Å². The summed E-state index contributed by atoms with van der Waals surface area (Å²) in [5, 5.41) is 0.129. The first-order valence-corrected chi connectivity index (χ1v) is 5.73. The molecule has 0 bridgehead atoms. The van der Waals surface area contributed by atoms with Gasteiger partial charge in [0.25, 0.3) is 0 Å². The molecule has 0 heterocycles. The van der Waals surface area contributed by atoms with Crippen LogP contribution >= 0.6 is 11.6 Å². The number of halogens is 4. The second-order valence-corrected chi connectivity index (χ2v) is 4.47. The van der Waals surface area contributed by atoms with Gasteiger partial charge in [-0.15, -0.1) is 0 Å². The summed E-state index contributed by atoms with van der Waals surface area (Å²) in [4.78, 5) is 12.0. The molecule has 5 heteroatoms. The SMILES string of the molecule is Cc1cc(C(=O)c2ccc(Cl)cc2F)c(F)cc1F. The van der Waals surface area contributed by atoms with Gasteiger partial charge in [0.05, 0.1) is 11.1 Å². The van der Waals surface area contributed by atoms with Crippen LogP contribution in [0.5, 0.6) is 0 Å². The van der Waals surface area contributed by atoms with Crippen LogP contribution in [0, 0.1) is 24.4 Å². The molecule has 0 aliphatic rings. The van der Waals surface area contributed by atoms with E-state index in [9.17, 15) is 18.0 Å². The lowest BCUT2D eigenvalue weighted by atomic mass is 10.0. The van der Waals surface area contributed by atoms with E-state index in [4.69, 9.17) is 11.6 Å². The Balaban J connectivity index is 2.53. The number of carbonyl (C=O) groups excluding carboxylic acids is 1. The highest BCUT2D eigenvalue weighted by atomic mass is 35.5. The molecule has 1 nitrogen and oxygen atoms in total. The highest BCUT2D eigenvalue weighted by molar-refractivity contribution is 6.30. The van der Waals surface area contributed by atoms with E-state index in [1.807, 2.05) is 0 Å². The molecule has 2 rings (SSSR count). The van der Waals surface area contributed by atoms with Gasteiger partial charge in [0.2, 0.25) is 0 Å². The second-order valence-electron chi connectivity index (χ2n) is 4.03. The molecule has 0 radical (unpaired) electrons. The maximum Gasteiger partial charge on any atom is 0.198 e. The average Bonchev–Trinajstić information content (AvgIpc) is 2.33. The fourth-order valence-electron chi connectivity index (χ4n) is 1.65. The predicted molar refractivity (Wildman–Crippen MR) is 65.9 cm³/mol. The number of hydrogen-bond acceptors (Lipinski definition) is 1. The van der Waals surface area contributed by atoms with Crippen molar-refractivity contribution >= 4 is 17.4 Å². The highest BCUT2D eigenvalue weighted by Crippen LogP contribution is 2.21. The van der Waals surface area contributed by atoms with Gasteiger partial charge in [-0.25, -0.2) is 13.2 Å². The molecule has 0 aliphatic carbocycles. The zero-order valence-electron chi connectivity index (χ0n) is 9.81. The quantitative estimate of drug-likeness (QED) is 0.752. The molecule has 98 valence electrons. The zero-order chi connectivity index (χ0) is 14.2. The molecule has 0 fully saturated rings. The number of ketones is 1. The number of aryl methyl sites for hydroxylation is 1. The Morgan fingerprint density at radius 2 is 1.58 bits per heavy atom. The van der Waals surface area contributed by atoms with Crippen molar-refractivity contribution in [3.8, 4) is 0 Å². The van der Waals surface area contributed by atoms with E-state index < -0.39 is 23.2 Å². The molecular formula is C14H8ClF3O. The number of carbonyl (C=O) groups is 1. The zero-order valence-corrected chi connectivity index (χ0v) is 10.6. The molecule has 0 aliphatic heterocycles. The maximum atomic E-state index is 13.6. The smallest absolute Gasteiger partial charge is 0.198 e. The Bertz CT molecular complexity index is 668. The van der Waals surface area contributed by atoms with Gasteiger partial charge in [-0.05, 0) is 36.8 Å². The van der Waals surface area contributed by atoms with E-state index in [0.29, 0.717) is 6.07 Å². The van der Waals surface area contributed by atoms with Crippen LogP contribution in [0.3, 0.4) is 0 Å². The van der Waals surface area contributed by atoms with E-state index >= 15 is 0 Å². The molecule has 2 aromatic carbocycles. The fraction of sp³-hybridized carbons (Fsp3) is 0.0714. The van der Waals surface area contributed by atoms with Gasteiger partial charge in [-0.2, -0.15) is 0 Å². The van der Waals surface area contributed by atoms with Crippen molar-refractivity contribution in [1.82, 2.24) is 0 Å². The summed E-state index contributed by atoms with van der Waals surface area (Å²) in [6.45, 7) is 1.39. The highest BCUT2D eigenvalue weighted by Gasteiger charge is 2.19. The van der Waals surface area contributed by atoms with E-state index in [-0.39, 0.29) is 21.7 Å². The lowest BCUT2D eigenvalue weighted by Gasteiger charge is -2.06. The maximum absolute atomic E-state index is 13.6. The van der Waals surface area contributed by atoms with Crippen molar-refractivity contribution in [2.24, 2.45) is 0 Å². The molecule has 0 aromatic heterocycles. The Morgan fingerprint density at radius 1 is 0.947 bits per heavy atom. The summed E-state index contributed by atoms with van der Waals surface area (Å²) in [6, 6.07) is 5.12. The fourth-order valence-corrected chi connectivity index (χ4v) is 1.81. The first kappa shape index (κ1) is 13.6. The molecule has 0 spiro atoms. The van der Waals surface area contributed by atoms with Crippen LogP contribution in [-0.2, 0) is 0 Å². The Kier molecular flexibility index (Phi) is 3.62. The third-order valence-corrected chi connectivity index (χ3v) is 2.90. The molecule has 0 atom stereocenters. The topological polar surface area (TPSA) is 17.1 Å². The molecular weight excluding hydrogens is 277 g/mol. The van der Waals surface area contributed by atoms with Gasteiger partial charge in [-0.3, -0.25) is 4.79 Å². The predicted octanol–water partition coefficient (Wildman–Crippen LogP) is 4.30. The van der Waals surface area contributed by atoms with Crippen LogP contribution in [0.15, 0.2) is 30.3 Å². The minimum Gasteiger partial charge on any atom is -0.288 e. The lowest BCUT2D eigenvalue weighted by Crippen LogP contribution is -2.08. The largest absolute Gasteiger partial charge is 0.288 e. The molecule has 0 saturated heterocycles. The van der Waals surface area contributed by atoms with Gasteiger partial charge in [0, 0.05) is 11.1 Å². The standard InChI is InChI=1S/C14H8ClF3O/c1-7-4-10(13(18)6-11(7)16)14(19)9-3-2-8(15)5-12(9)17/h2-6H,1H3. The number of benzene rings is 2. The summed E-state index contributed by atoms with van der Waals surface area (Å²) in [7, 11) is 0. The van der Waals surface area contributed by atoms with Crippen LogP contribution in [0.2, 0.25) is 5.02 Å². The second kappa shape index (κ2) is 5.05. The molecule has 0 saturated carbocycles. The monoisotopic (exact) mass is 284 g/mol. The average molecular weight is 285 g/mol. The van der Waals surface area contributed by atoms with Gasteiger partial charge >= 0.3 is 0 Å². The summed E-state index contributed by atoms with van der Waals surface area (Å²) < 4.78 is 40.3. The van der Waals surface area contributed by atoms with E-state index in [2.05, 4.69) is 0 Å². The van der Waals surface area contributed by atoms with Gasteiger partial charge in [0.1, 0.15) is 17.5 Å². The summed E-state index contributed by atoms with van der Waals surface area (Å²) in [6.07, 6.45) is 0. The third kappa shape index (κ3) is 2.63. The van der Waals surface area contributed by atoms with Crippen LogP contribution in [-0.4, -0.2) is 5.78 Å². The van der Waals surface area contributed by atoms with Gasteiger partial charge in [-0.1, -0.05) is 11.6 Å². The third-order valence-electron chi connectivity index (χ3n) is 2.67. The molecule has 0 N–H and O–H groups in total. The van der Waals surface area contributed by atoms with Crippen LogP contribution in [0.4, 0.5) is 13.2 Å². The first-order valence-electron chi connectivity index (χ1n) is 5.35. The van der Waals surface area contributed by atoms with E-state index in [1.165, 1.54) is 13.0 Å². The lowest BCUT2D eigenvalue weighted by molar-refractivity contribution is 0.103. The van der Waals surface area contributed by atoms with Crippen molar-refractivity contribution < 1.29 is 18.0 Å². The first-order chi connectivity index (χ1) is 8.90. The molecule has 2 aromatic rings. The molecule has 0 amide bonds. The van der Waals surface area contributed by atoms with Crippen molar-refractivity contribution in [3.05, 3.63) is 69.5 Å². The summed E-state index contributed by atoms with van der Waals surface area (Å²) in [5.41, 5.74) is -0.575. The number of hydrogen-bond donors (Lipinski definition) is 0.